The summed E-state index contributed by atoms with van der Waals surface area (Å²) in [5, 5.41) is 7.06. The molecule has 0 radical (unpaired) electrons. The molecule has 1 N–H and O–H groups in total. The fourth-order valence-electron chi connectivity index (χ4n) is 2.76. The fourth-order valence-corrected chi connectivity index (χ4v) is 2.76. The Morgan fingerprint density at radius 3 is 2.50 bits per heavy atom. The summed E-state index contributed by atoms with van der Waals surface area (Å²) in [6, 6.07) is 15.8. The molecular formula is C21H23N3O2. The topological polar surface area (TPSA) is 56.1 Å². The van der Waals surface area contributed by atoms with Crippen molar-refractivity contribution in [2.24, 2.45) is 7.05 Å². The van der Waals surface area contributed by atoms with E-state index in [1.165, 1.54) is 0 Å². The third kappa shape index (κ3) is 3.77. The number of ether oxygens (including phenoxy) is 1. The normalized spacial score (nSPS) is 11.8. The van der Waals surface area contributed by atoms with Gasteiger partial charge in [-0.2, -0.15) is 5.10 Å². The zero-order valence-electron chi connectivity index (χ0n) is 15.5. The van der Waals surface area contributed by atoms with Gasteiger partial charge in [0.2, 0.25) is 0 Å². The maximum Gasteiger partial charge on any atom is 0.259 e. The summed E-state index contributed by atoms with van der Waals surface area (Å²) >= 11 is 0. The minimum Gasteiger partial charge on any atom is -0.486 e. The molecule has 3 aromatic rings. The molecule has 0 fully saturated rings. The third-order valence-corrected chi connectivity index (χ3v) is 4.51. The van der Waals surface area contributed by atoms with E-state index in [4.69, 9.17) is 4.74 Å². The molecule has 0 aliphatic heterocycles. The Morgan fingerprint density at radius 2 is 1.88 bits per heavy atom. The molecule has 0 bridgehead atoms. The van der Waals surface area contributed by atoms with Gasteiger partial charge in [-0.05, 0) is 50.1 Å². The number of carbonyl (C=O) groups is 1. The van der Waals surface area contributed by atoms with Crippen molar-refractivity contribution in [3.63, 3.8) is 0 Å². The smallest absolute Gasteiger partial charge is 0.259 e. The van der Waals surface area contributed by atoms with Crippen molar-refractivity contribution in [1.82, 2.24) is 9.78 Å². The van der Waals surface area contributed by atoms with Crippen LogP contribution in [0.3, 0.4) is 0 Å². The van der Waals surface area contributed by atoms with Crippen LogP contribution in [0.1, 0.15) is 40.2 Å². The molecule has 1 aromatic heterocycles. The second-order valence-electron chi connectivity index (χ2n) is 6.37. The van der Waals surface area contributed by atoms with Crippen molar-refractivity contribution < 1.29 is 9.53 Å². The highest BCUT2D eigenvalue weighted by Crippen LogP contribution is 2.26. The predicted octanol–water partition coefficient (Wildman–Crippen LogP) is 4.43. The second-order valence-corrected chi connectivity index (χ2v) is 6.37. The molecule has 5 heteroatoms. The Kier molecular flexibility index (Phi) is 5.07. The van der Waals surface area contributed by atoms with Crippen LogP contribution in [0.2, 0.25) is 0 Å². The van der Waals surface area contributed by atoms with Crippen LogP contribution >= 0.6 is 0 Å². The molecule has 0 aliphatic carbocycles. The van der Waals surface area contributed by atoms with Crippen molar-refractivity contribution in [2.45, 2.75) is 26.9 Å². The van der Waals surface area contributed by atoms with Crippen LogP contribution in [0.5, 0.6) is 5.75 Å². The van der Waals surface area contributed by atoms with E-state index in [0.717, 1.165) is 28.3 Å². The Hall–Kier alpha value is -3.08. The number of nitrogens with zero attached hydrogens (tertiary/aromatic N) is 2. The van der Waals surface area contributed by atoms with Crippen molar-refractivity contribution in [3.8, 4) is 5.75 Å². The lowest BCUT2D eigenvalue weighted by atomic mass is 10.1. The van der Waals surface area contributed by atoms with Crippen LogP contribution in [0, 0.1) is 13.8 Å². The SMILES string of the molecule is Cc1cc(O[C@@H](C)c2ccccc2)ccc1NC(=O)c1cnn(C)c1C. The summed E-state index contributed by atoms with van der Waals surface area (Å²) in [6.07, 6.45) is 1.54. The maximum atomic E-state index is 12.5. The first kappa shape index (κ1) is 17.7. The fraction of sp³-hybridized carbons (Fsp3) is 0.238. The first-order chi connectivity index (χ1) is 12.5. The molecule has 1 heterocycles. The quantitative estimate of drug-likeness (QED) is 0.741. The van der Waals surface area contributed by atoms with Gasteiger partial charge in [-0.15, -0.1) is 0 Å². The number of anilines is 1. The van der Waals surface area contributed by atoms with E-state index in [9.17, 15) is 4.79 Å². The summed E-state index contributed by atoms with van der Waals surface area (Å²) in [6.45, 7) is 5.84. The largest absolute Gasteiger partial charge is 0.486 e. The van der Waals surface area contributed by atoms with E-state index < -0.39 is 0 Å². The number of hydrogen-bond donors (Lipinski definition) is 1. The Morgan fingerprint density at radius 1 is 1.15 bits per heavy atom. The summed E-state index contributed by atoms with van der Waals surface area (Å²) < 4.78 is 7.71. The lowest BCUT2D eigenvalue weighted by Crippen LogP contribution is -2.14. The van der Waals surface area contributed by atoms with Gasteiger partial charge in [0, 0.05) is 18.4 Å². The standard InChI is InChI=1S/C21H23N3O2/c1-14-12-18(26-16(3)17-8-6-5-7-9-17)10-11-20(14)23-21(25)19-13-22-24(4)15(19)2/h5-13,16H,1-4H3,(H,23,25)/t16-/m0/s1. The molecule has 0 spiro atoms. The van der Waals surface area contributed by atoms with Crippen molar-refractivity contribution in [1.29, 1.82) is 0 Å². The van der Waals surface area contributed by atoms with Crippen LogP contribution < -0.4 is 10.1 Å². The van der Waals surface area contributed by atoms with Gasteiger partial charge in [-0.1, -0.05) is 30.3 Å². The molecule has 134 valence electrons. The van der Waals surface area contributed by atoms with E-state index in [0.29, 0.717) is 5.56 Å². The number of nitrogens with one attached hydrogen (secondary N) is 1. The van der Waals surface area contributed by atoms with E-state index in [2.05, 4.69) is 10.4 Å². The van der Waals surface area contributed by atoms with Crippen LogP contribution in [-0.4, -0.2) is 15.7 Å². The van der Waals surface area contributed by atoms with Gasteiger partial charge in [0.25, 0.3) is 5.91 Å². The molecule has 0 saturated heterocycles. The summed E-state index contributed by atoms with van der Waals surface area (Å²) in [5.41, 5.74) is 4.23. The molecule has 3 rings (SSSR count). The number of carbonyl (C=O) groups excluding carboxylic acids is 1. The Labute approximate surface area is 153 Å². The van der Waals surface area contributed by atoms with Gasteiger partial charge in [-0.25, -0.2) is 0 Å². The summed E-state index contributed by atoms with van der Waals surface area (Å²) in [4.78, 5) is 12.5. The molecule has 0 aliphatic rings. The van der Waals surface area contributed by atoms with E-state index in [1.807, 2.05) is 76.3 Å². The van der Waals surface area contributed by atoms with Gasteiger partial charge in [0.1, 0.15) is 11.9 Å². The molecule has 0 saturated carbocycles. The van der Waals surface area contributed by atoms with Crippen LogP contribution in [-0.2, 0) is 7.05 Å². The van der Waals surface area contributed by atoms with Gasteiger partial charge in [0.05, 0.1) is 11.8 Å². The highest BCUT2D eigenvalue weighted by atomic mass is 16.5. The van der Waals surface area contributed by atoms with Gasteiger partial charge < -0.3 is 10.1 Å². The number of aryl methyl sites for hydroxylation is 2. The first-order valence-electron chi connectivity index (χ1n) is 8.58. The van der Waals surface area contributed by atoms with Crippen LogP contribution in [0.15, 0.2) is 54.7 Å². The number of amides is 1. The van der Waals surface area contributed by atoms with Crippen LogP contribution in [0.25, 0.3) is 0 Å². The predicted molar refractivity (Wildman–Crippen MR) is 103 cm³/mol. The highest BCUT2D eigenvalue weighted by molar-refractivity contribution is 6.05. The molecule has 0 unspecified atom stereocenters. The Balaban J connectivity index is 1.71. The van der Waals surface area contributed by atoms with Crippen LogP contribution in [0.4, 0.5) is 5.69 Å². The molecule has 2 aromatic carbocycles. The molecule has 1 atom stereocenters. The second kappa shape index (κ2) is 7.44. The highest BCUT2D eigenvalue weighted by Gasteiger charge is 2.14. The number of benzene rings is 2. The molecule has 26 heavy (non-hydrogen) atoms. The van der Waals surface area contributed by atoms with Gasteiger partial charge >= 0.3 is 0 Å². The van der Waals surface area contributed by atoms with Crippen molar-refractivity contribution >= 4 is 11.6 Å². The lowest BCUT2D eigenvalue weighted by Gasteiger charge is -2.16. The molecule has 1 amide bonds. The van der Waals surface area contributed by atoms with E-state index in [1.54, 1.807) is 10.9 Å². The third-order valence-electron chi connectivity index (χ3n) is 4.51. The maximum absolute atomic E-state index is 12.5. The minimum atomic E-state index is -0.162. The van der Waals surface area contributed by atoms with Crippen molar-refractivity contribution in [3.05, 3.63) is 77.1 Å². The average Bonchev–Trinajstić information content (AvgIpc) is 2.97. The zero-order chi connectivity index (χ0) is 18.7. The number of hydrogen-bond acceptors (Lipinski definition) is 3. The minimum absolute atomic E-state index is 0.0471. The van der Waals surface area contributed by atoms with Gasteiger partial charge in [0.15, 0.2) is 0 Å². The van der Waals surface area contributed by atoms with E-state index >= 15 is 0 Å². The summed E-state index contributed by atoms with van der Waals surface area (Å²) in [5.74, 6) is 0.611. The Bertz CT molecular complexity index is 916. The lowest BCUT2D eigenvalue weighted by molar-refractivity contribution is 0.102. The molecular weight excluding hydrogens is 326 g/mol. The molecule has 5 nitrogen and oxygen atoms in total. The van der Waals surface area contributed by atoms with Gasteiger partial charge in [-0.3, -0.25) is 9.48 Å². The number of aromatic nitrogens is 2. The van der Waals surface area contributed by atoms with Crippen molar-refractivity contribution in [2.75, 3.05) is 5.32 Å². The first-order valence-corrected chi connectivity index (χ1v) is 8.58. The van der Waals surface area contributed by atoms with E-state index in [-0.39, 0.29) is 12.0 Å². The average molecular weight is 349 g/mol. The summed E-state index contributed by atoms with van der Waals surface area (Å²) in [7, 11) is 1.82. The number of rotatable bonds is 5. The zero-order valence-corrected chi connectivity index (χ0v) is 15.5. The monoisotopic (exact) mass is 349 g/mol.